The average Bonchev–Trinajstić information content (AvgIpc) is 2.85. The zero-order chi connectivity index (χ0) is 25.4. The summed E-state index contributed by atoms with van der Waals surface area (Å²) in [5.74, 6) is 0.299. The Morgan fingerprint density at radius 1 is 1.31 bits per heavy atom. The maximum absolute atomic E-state index is 12.4. The fraction of sp³-hybridized carbons (Fsp3) is 0.208. The first-order valence-corrected chi connectivity index (χ1v) is 11.3. The summed E-state index contributed by atoms with van der Waals surface area (Å²) in [5.41, 5.74) is 3.49. The van der Waals surface area contributed by atoms with Crippen molar-refractivity contribution in [3.63, 3.8) is 0 Å². The third-order valence-electron chi connectivity index (χ3n) is 4.66. The van der Waals surface area contributed by atoms with E-state index in [1.807, 2.05) is 12.1 Å². The first-order chi connectivity index (χ1) is 16.9. The van der Waals surface area contributed by atoms with E-state index in [1.165, 1.54) is 13.3 Å². The Morgan fingerprint density at radius 3 is 2.71 bits per heavy atom. The maximum atomic E-state index is 12.4. The summed E-state index contributed by atoms with van der Waals surface area (Å²) in [6.07, 6.45) is 0.654. The Morgan fingerprint density at radius 2 is 2.06 bits per heavy atom. The first-order valence-electron chi connectivity index (χ1n) is 10.5. The van der Waals surface area contributed by atoms with Gasteiger partial charge in [-0.25, -0.2) is 15.2 Å². The molecule has 11 heteroatoms. The van der Waals surface area contributed by atoms with Crippen LogP contribution < -0.4 is 20.5 Å². The molecule has 2 N–H and O–H groups in total. The predicted molar refractivity (Wildman–Crippen MR) is 134 cm³/mol. The van der Waals surface area contributed by atoms with Gasteiger partial charge in [-0.2, -0.15) is 10.4 Å². The number of aromatic amines is 1. The molecule has 0 fully saturated rings. The third-order valence-corrected chi connectivity index (χ3v) is 5.34. The lowest BCUT2D eigenvalue weighted by atomic mass is 10.1. The van der Waals surface area contributed by atoms with E-state index in [2.05, 4.69) is 36.4 Å². The third kappa shape index (κ3) is 6.24. The molecular weight excluding hydrogens is 518 g/mol. The number of nitriles is 1. The summed E-state index contributed by atoms with van der Waals surface area (Å²) >= 11 is 3.45. The molecule has 3 aromatic rings. The Labute approximate surface area is 209 Å². The number of anilines is 1. The minimum absolute atomic E-state index is 0.0652. The summed E-state index contributed by atoms with van der Waals surface area (Å²) in [7, 11) is 1.47. The van der Waals surface area contributed by atoms with Gasteiger partial charge in [-0.15, -0.1) is 0 Å². The van der Waals surface area contributed by atoms with E-state index < -0.39 is 17.6 Å². The molecule has 0 saturated heterocycles. The van der Waals surface area contributed by atoms with Crippen molar-refractivity contribution in [2.45, 2.75) is 20.0 Å². The van der Waals surface area contributed by atoms with Crippen molar-refractivity contribution in [3.05, 3.63) is 68.4 Å². The molecule has 0 aliphatic carbocycles. The van der Waals surface area contributed by atoms with Crippen LogP contribution in [-0.2, 0) is 9.53 Å². The van der Waals surface area contributed by atoms with Crippen molar-refractivity contribution in [2.24, 2.45) is 5.10 Å². The number of benzene rings is 2. The summed E-state index contributed by atoms with van der Waals surface area (Å²) in [6, 6.07) is 14.1. The molecule has 1 aromatic heterocycles. The van der Waals surface area contributed by atoms with Crippen LogP contribution in [0.3, 0.4) is 0 Å². The summed E-state index contributed by atoms with van der Waals surface area (Å²) in [6.45, 7) is 3.55. The molecule has 0 aliphatic rings. The molecule has 180 valence electrons. The minimum atomic E-state index is -0.824. The van der Waals surface area contributed by atoms with E-state index in [9.17, 15) is 14.9 Å². The van der Waals surface area contributed by atoms with E-state index in [0.717, 1.165) is 0 Å². The Bertz CT molecular complexity index is 1330. The van der Waals surface area contributed by atoms with Crippen LogP contribution in [0.15, 0.2) is 56.8 Å². The molecule has 0 bridgehead atoms. The van der Waals surface area contributed by atoms with Gasteiger partial charge in [0.15, 0.2) is 17.6 Å². The van der Waals surface area contributed by atoms with E-state index >= 15 is 0 Å². The highest BCUT2D eigenvalue weighted by Crippen LogP contribution is 2.33. The van der Waals surface area contributed by atoms with Gasteiger partial charge in [-0.1, -0.05) is 30.3 Å². The lowest BCUT2D eigenvalue weighted by molar-refractivity contribution is -0.150. The number of halogens is 1. The number of ether oxygens (including phenoxy) is 3. The van der Waals surface area contributed by atoms with Gasteiger partial charge in [0, 0.05) is 15.6 Å². The highest BCUT2D eigenvalue weighted by molar-refractivity contribution is 9.10. The molecular formula is C24H22BrN5O5. The van der Waals surface area contributed by atoms with Crippen LogP contribution in [0.4, 0.5) is 5.95 Å². The number of aromatic nitrogens is 2. The fourth-order valence-electron chi connectivity index (χ4n) is 3.00. The van der Waals surface area contributed by atoms with Gasteiger partial charge in [0.25, 0.3) is 5.56 Å². The standard InChI is InChI=1S/C24H22BrN5O5/c1-4-34-23(32)14(2)35-20-11-18(25)16(10-19(20)33-3)13-27-30-24-28-21(15-8-6-5-7-9-15)17(12-26)22(31)29-24/h5-11,13-14H,4H2,1-3H3,(H2,28,29,30,31). The summed E-state index contributed by atoms with van der Waals surface area (Å²) < 4.78 is 16.6. The number of carbonyl (C=O) groups is 1. The number of nitrogens with zero attached hydrogens (tertiary/aromatic N) is 3. The first kappa shape index (κ1) is 25.5. The Balaban J connectivity index is 1.83. The van der Waals surface area contributed by atoms with Crippen LogP contribution >= 0.6 is 15.9 Å². The molecule has 0 spiro atoms. The largest absolute Gasteiger partial charge is 0.493 e. The molecule has 0 amide bonds. The van der Waals surface area contributed by atoms with E-state index in [-0.39, 0.29) is 23.8 Å². The van der Waals surface area contributed by atoms with Crippen molar-refractivity contribution in [1.29, 1.82) is 5.26 Å². The molecule has 1 heterocycles. The molecule has 35 heavy (non-hydrogen) atoms. The molecule has 1 unspecified atom stereocenters. The van der Waals surface area contributed by atoms with Gasteiger partial charge in [0.1, 0.15) is 11.6 Å². The zero-order valence-corrected chi connectivity index (χ0v) is 20.8. The SMILES string of the molecule is CCOC(=O)C(C)Oc1cc(Br)c(C=NNc2nc(-c3ccccc3)c(C#N)c(=O)[nH]2)cc1OC. The molecule has 1 atom stereocenters. The second-order valence-electron chi connectivity index (χ2n) is 7.02. The normalized spacial score (nSPS) is 11.5. The number of H-pyrrole nitrogens is 1. The van der Waals surface area contributed by atoms with Gasteiger partial charge < -0.3 is 14.2 Å². The van der Waals surface area contributed by atoms with Gasteiger partial charge in [-0.05, 0) is 41.9 Å². The number of hydrogen-bond acceptors (Lipinski definition) is 9. The summed E-state index contributed by atoms with van der Waals surface area (Å²) in [5, 5.41) is 13.5. The number of methoxy groups -OCH3 is 1. The smallest absolute Gasteiger partial charge is 0.347 e. The monoisotopic (exact) mass is 539 g/mol. The molecule has 0 saturated carbocycles. The lowest BCUT2D eigenvalue weighted by Gasteiger charge is -2.16. The van der Waals surface area contributed by atoms with E-state index in [4.69, 9.17) is 14.2 Å². The quantitative estimate of drug-likeness (QED) is 0.237. The van der Waals surface area contributed by atoms with Crippen molar-refractivity contribution in [3.8, 4) is 28.8 Å². The van der Waals surface area contributed by atoms with Gasteiger partial charge in [-0.3, -0.25) is 9.78 Å². The number of nitrogens with one attached hydrogen (secondary N) is 2. The van der Waals surface area contributed by atoms with E-state index in [1.54, 1.807) is 50.2 Å². The second-order valence-corrected chi connectivity index (χ2v) is 7.88. The topological polar surface area (TPSA) is 139 Å². The number of hydrazone groups is 1. The number of hydrogen-bond donors (Lipinski definition) is 2. The number of rotatable bonds is 9. The molecule has 0 radical (unpaired) electrons. The van der Waals surface area contributed by atoms with Crippen LogP contribution in [-0.4, -0.2) is 42.0 Å². The Kier molecular flexibility index (Phi) is 8.58. The highest BCUT2D eigenvalue weighted by atomic mass is 79.9. The molecule has 10 nitrogen and oxygen atoms in total. The van der Waals surface area contributed by atoms with Crippen LogP contribution in [0.5, 0.6) is 11.5 Å². The van der Waals surface area contributed by atoms with Gasteiger partial charge in [0.2, 0.25) is 5.95 Å². The lowest BCUT2D eigenvalue weighted by Crippen LogP contribution is -2.26. The van der Waals surface area contributed by atoms with E-state index in [0.29, 0.717) is 27.1 Å². The van der Waals surface area contributed by atoms with Crippen molar-refractivity contribution >= 4 is 34.1 Å². The van der Waals surface area contributed by atoms with Crippen molar-refractivity contribution in [2.75, 3.05) is 19.1 Å². The average molecular weight is 540 g/mol. The summed E-state index contributed by atoms with van der Waals surface area (Å²) in [4.78, 5) is 31.1. The number of carbonyl (C=O) groups excluding carboxylic acids is 1. The van der Waals surface area contributed by atoms with Gasteiger partial charge >= 0.3 is 5.97 Å². The van der Waals surface area contributed by atoms with Crippen LogP contribution in [0.2, 0.25) is 0 Å². The van der Waals surface area contributed by atoms with Gasteiger partial charge in [0.05, 0.1) is 25.6 Å². The van der Waals surface area contributed by atoms with Crippen molar-refractivity contribution < 1.29 is 19.0 Å². The predicted octanol–water partition coefficient (Wildman–Crippen LogP) is 3.86. The second kappa shape index (κ2) is 11.8. The molecule has 3 rings (SSSR count). The Hall–Kier alpha value is -4.17. The number of esters is 1. The van der Waals surface area contributed by atoms with Crippen LogP contribution in [0.25, 0.3) is 11.3 Å². The molecule has 0 aliphatic heterocycles. The van der Waals surface area contributed by atoms with Crippen molar-refractivity contribution in [1.82, 2.24) is 9.97 Å². The van der Waals surface area contributed by atoms with Crippen LogP contribution in [0, 0.1) is 11.3 Å². The minimum Gasteiger partial charge on any atom is -0.493 e. The zero-order valence-electron chi connectivity index (χ0n) is 19.2. The molecule has 2 aromatic carbocycles. The maximum Gasteiger partial charge on any atom is 0.347 e. The van der Waals surface area contributed by atoms with Crippen LogP contribution in [0.1, 0.15) is 25.0 Å². The fourth-order valence-corrected chi connectivity index (χ4v) is 3.42. The highest BCUT2D eigenvalue weighted by Gasteiger charge is 2.19.